The van der Waals surface area contributed by atoms with Crippen molar-refractivity contribution >= 4 is 0 Å². The molecule has 0 fully saturated rings. The first-order valence-corrected chi connectivity index (χ1v) is 5.99. The van der Waals surface area contributed by atoms with Crippen LogP contribution in [0.4, 0.5) is 4.39 Å². The van der Waals surface area contributed by atoms with E-state index in [1.165, 1.54) is 6.07 Å². The third kappa shape index (κ3) is 5.00. The molecular weight excluding hydrogens is 235 g/mol. The van der Waals surface area contributed by atoms with Gasteiger partial charge >= 0.3 is 0 Å². The number of nitrogens with zero attached hydrogens (tertiary/aromatic N) is 1. The van der Waals surface area contributed by atoms with Crippen molar-refractivity contribution in [2.75, 3.05) is 40.4 Å². The molecule has 0 saturated carbocycles. The second-order valence-corrected chi connectivity index (χ2v) is 4.22. The van der Waals surface area contributed by atoms with Crippen molar-refractivity contribution in [2.24, 2.45) is 0 Å². The molecule has 4 nitrogen and oxygen atoms in total. The van der Waals surface area contributed by atoms with E-state index < -0.39 is 5.82 Å². The topological polar surface area (TPSA) is 44.7 Å². The fourth-order valence-corrected chi connectivity index (χ4v) is 1.55. The summed E-state index contributed by atoms with van der Waals surface area (Å²) in [5.41, 5.74) is 0.578. The van der Waals surface area contributed by atoms with Gasteiger partial charge < -0.3 is 20.1 Å². The number of hydrogen-bond donors (Lipinski definition) is 2. The zero-order valence-corrected chi connectivity index (χ0v) is 10.9. The number of hydrogen-bond acceptors (Lipinski definition) is 4. The second kappa shape index (κ2) is 8.02. The number of likely N-dealkylation sites (N-methyl/N-ethyl adjacent to an activating group) is 1. The smallest absolute Gasteiger partial charge is 0.165 e. The Morgan fingerprint density at radius 3 is 2.89 bits per heavy atom. The standard InChI is InChI=1S/C13H21FN2O2/c1-16(8-9-18-2)7-6-15-10-11-4-3-5-12(14)13(11)17/h3-5,15,17H,6-10H2,1-2H3. The van der Waals surface area contributed by atoms with Gasteiger partial charge in [0.2, 0.25) is 0 Å². The molecule has 0 spiro atoms. The Balaban J connectivity index is 2.23. The summed E-state index contributed by atoms with van der Waals surface area (Å²) in [6.07, 6.45) is 0. The molecule has 102 valence electrons. The number of ether oxygens (including phenoxy) is 1. The van der Waals surface area contributed by atoms with Gasteiger partial charge in [0.1, 0.15) is 0 Å². The summed E-state index contributed by atoms with van der Waals surface area (Å²) in [7, 11) is 3.69. The average molecular weight is 256 g/mol. The van der Waals surface area contributed by atoms with Gasteiger partial charge in [-0.3, -0.25) is 0 Å². The van der Waals surface area contributed by atoms with E-state index >= 15 is 0 Å². The predicted molar refractivity (Wildman–Crippen MR) is 69.1 cm³/mol. The Hall–Kier alpha value is -1.17. The molecule has 5 heteroatoms. The lowest BCUT2D eigenvalue weighted by Crippen LogP contribution is -2.31. The number of benzene rings is 1. The molecule has 1 aromatic rings. The highest BCUT2D eigenvalue weighted by molar-refractivity contribution is 5.33. The number of rotatable bonds is 8. The van der Waals surface area contributed by atoms with Crippen LogP contribution in [-0.2, 0) is 11.3 Å². The third-order valence-electron chi connectivity index (χ3n) is 2.73. The van der Waals surface area contributed by atoms with Gasteiger partial charge in [-0.05, 0) is 13.1 Å². The molecule has 0 heterocycles. The van der Waals surface area contributed by atoms with E-state index in [1.807, 2.05) is 7.05 Å². The van der Waals surface area contributed by atoms with Crippen molar-refractivity contribution < 1.29 is 14.2 Å². The Bertz CT molecular complexity index is 361. The molecule has 0 atom stereocenters. The number of phenols is 1. The molecule has 0 aliphatic rings. The third-order valence-corrected chi connectivity index (χ3v) is 2.73. The van der Waals surface area contributed by atoms with Crippen LogP contribution in [0.3, 0.4) is 0 Å². The monoisotopic (exact) mass is 256 g/mol. The summed E-state index contributed by atoms with van der Waals surface area (Å²) in [5.74, 6) is -0.843. The van der Waals surface area contributed by atoms with E-state index in [9.17, 15) is 9.50 Å². The summed E-state index contributed by atoms with van der Waals surface area (Å²) in [5, 5.41) is 12.6. The van der Waals surface area contributed by atoms with Gasteiger partial charge in [0.25, 0.3) is 0 Å². The van der Waals surface area contributed by atoms with Crippen LogP contribution in [0, 0.1) is 5.82 Å². The Labute approximate surface area is 107 Å². The van der Waals surface area contributed by atoms with Crippen LogP contribution in [0.15, 0.2) is 18.2 Å². The molecule has 0 unspecified atom stereocenters. The second-order valence-electron chi connectivity index (χ2n) is 4.22. The molecular formula is C13H21FN2O2. The van der Waals surface area contributed by atoms with Crippen molar-refractivity contribution in [1.82, 2.24) is 10.2 Å². The molecule has 0 aliphatic carbocycles. The van der Waals surface area contributed by atoms with Gasteiger partial charge in [-0.2, -0.15) is 0 Å². The van der Waals surface area contributed by atoms with Crippen molar-refractivity contribution in [3.8, 4) is 5.75 Å². The lowest BCUT2D eigenvalue weighted by molar-refractivity contribution is 0.161. The SMILES string of the molecule is COCCN(C)CCNCc1cccc(F)c1O. The molecule has 1 rings (SSSR count). The summed E-state index contributed by atoms with van der Waals surface area (Å²) >= 11 is 0. The zero-order chi connectivity index (χ0) is 13.4. The van der Waals surface area contributed by atoms with Gasteiger partial charge in [-0.1, -0.05) is 12.1 Å². The van der Waals surface area contributed by atoms with E-state index in [0.717, 1.165) is 19.6 Å². The maximum atomic E-state index is 13.1. The average Bonchev–Trinajstić information content (AvgIpc) is 2.37. The van der Waals surface area contributed by atoms with Crippen molar-refractivity contribution in [1.29, 1.82) is 0 Å². The Morgan fingerprint density at radius 2 is 2.17 bits per heavy atom. The normalized spacial score (nSPS) is 11.1. The summed E-state index contributed by atoms with van der Waals surface area (Å²) in [4.78, 5) is 2.14. The Morgan fingerprint density at radius 1 is 1.39 bits per heavy atom. The van der Waals surface area contributed by atoms with E-state index in [-0.39, 0.29) is 5.75 Å². The van der Waals surface area contributed by atoms with Crippen LogP contribution in [0.25, 0.3) is 0 Å². The van der Waals surface area contributed by atoms with Crippen molar-refractivity contribution in [2.45, 2.75) is 6.54 Å². The predicted octanol–water partition coefficient (Wildman–Crippen LogP) is 1.20. The van der Waals surface area contributed by atoms with Crippen LogP contribution < -0.4 is 5.32 Å². The highest BCUT2D eigenvalue weighted by Gasteiger charge is 2.05. The van der Waals surface area contributed by atoms with Crippen LogP contribution >= 0.6 is 0 Å². The van der Waals surface area contributed by atoms with Crippen molar-refractivity contribution in [3.05, 3.63) is 29.6 Å². The minimum Gasteiger partial charge on any atom is -0.505 e. The molecule has 0 bridgehead atoms. The summed E-state index contributed by atoms with van der Waals surface area (Å²) < 4.78 is 18.0. The van der Waals surface area contributed by atoms with E-state index in [2.05, 4.69) is 10.2 Å². The Kier molecular flexibility index (Phi) is 6.64. The molecule has 1 aromatic carbocycles. The number of para-hydroxylation sites is 1. The highest BCUT2D eigenvalue weighted by atomic mass is 19.1. The summed E-state index contributed by atoms with van der Waals surface area (Å²) in [6.45, 7) is 3.70. The number of aromatic hydroxyl groups is 1. The van der Waals surface area contributed by atoms with Gasteiger partial charge in [0, 0.05) is 38.9 Å². The molecule has 0 saturated heterocycles. The van der Waals surface area contributed by atoms with Crippen LogP contribution in [0.1, 0.15) is 5.56 Å². The zero-order valence-electron chi connectivity index (χ0n) is 10.9. The maximum absolute atomic E-state index is 13.1. The first-order valence-electron chi connectivity index (χ1n) is 5.99. The van der Waals surface area contributed by atoms with Crippen LogP contribution in [0.2, 0.25) is 0 Å². The summed E-state index contributed by atoms with van der Waals surface area (Å²) in [6, 6.07) is 4.55. The fraction of sp³-hybridized carbons (Fsp3) is 0.538. The van der Waals surface area contributed by atoms with Crippen LogP contribution in [0.5, 0.6) is 5.75 Å². The first-order chi connectivity index (χ1) is 8.65. The van der Waals surface area contributed by atoms with Crippen molar-refractivity contribution in [3.63, 3.8) is 0 Å². The molecule has 0 aromatic heterocycles. The number of halogens is 1. The van der Waals surface area contributed by atoms with Gasteiger partial charge in [-0.25, -0.2) is 4.39 Å². The number of nitrogens with one attached hydrogen (secondary N) is 1. The molecule has 2 N–H and O–H groups in total. The minimum absolute atomic E-state index is 0.266. The first kappa shape index (κ1) is 14.9. The molecule has 18 heavy (non-hydrogen) atoms. The van der Waals surface area contributed by atoms with E-state index in [0.29, 0.717) is 18.7 Å². The largest absolute Gasteiger partial charge is 0.505 e. The quantitative estimate of drug-likeness (QED) is 0.686. The molecule has 0 amide bonds. The maximum Gasteiger partial charge on any atom is 0.165 e. The lowest BCUT2D eigenvalue weighted by atomic mass is 10.2. The van der Waals surface area contributed by atoms with E-state index in [4.69, 9.17) is 4.74 Å². The van der Waals surface area contributed by atoms with Gasteiger partial charge in [0.05, 0.1) is 6.61 Å². The van der Waals surface area contributed by atoms with E-state index in [1.54, 1.807) is 19.2 Å². The number of methoxy groups -OCH3 is 1. The fourth-order valence-electron chi connectivity index (χ4n) is 1.55. The van der Waals surface area contributed by atoms with Gasteiger partial charge in [0.15, 0.2) is 11.6 Å². The highest BCUT2D eigenvalue weighted by Crippen LogP contribution is 2.19. The number of phenolic OH excluding ortho intramolecular Hbond substituents is 1. The lowest BCUT2D eigenvalue weighted by Gasteiger charge is -2.16. The van der Waals surface area contributed by atoms with Gasteiger partial charge in [-0.15, -0.1) is 0 Å². The molecule has 0 aliphatic heterocycles. The minimum atomic E-state index is -0.577. The molecule has 0 radical (unpaired) electrons. The van der Waals surface area contributed by atoms with Crippen LogP contribution in [-0.4, -0.2) is 50.4 Å².